The summed E-state index contributed by atoms with van der Waals surface area (Å²) in [5.74, 6) is 5.00. The second-order valence-corrected chi connectivity index (χ2v) is 4.92. The van der Waals surface area contributed by atoms with E-state index < -0.39 is 0 Å². The fraction of sp³-hybridized carbons (Fsp3) is 0.235. The van der Waals surface area contributed by atoms with Gasteiger partial charge in [-0.2, -0.15) is 0 Å². The Bertz CT molecular complexity index is 584. The summed E-state index contributed by atoms with van der Waals surface area (Å²) >= 11 is 0. The molecular weight excluding hydrogens is 262 g/mol. The molecule has 2 aromatic carbocycles. The first kappa shape index (κ1) is 15.2. The molecule has 0 aliphatic carbocycles. The average Bonchev–Trinajstić information content (AvgIpc) is 2.55. The van der Waals surface area contributed by atoms with Crippen LogP contribution in [0.3, 0.4) is 0 Å². The summed E-state index contributed by atoms with van der Waals surface area (Å²) in [5.41, 5.74) is 5.08. The lowest BCUT2D eigenvalue weighted by Gasteiger charge is -2.22. The van der Waals surface area contributed by atoms with E-state index in [1.54, 1.807) is 6.07 Å². The zero-order valence-electron chi connectivity index (χ0n) is 12.3. The van der Waals surface area contributed by atoms with Crippen molar-refractivity contribution in [3.05, 3.63) is 71.3 Å². The van der Waals surface area contributed by atoms with Gasteiger partial charge in [-0.15, -0.1) is 0 Å². The number of hydrazine groups is 1. The van der Waals surface area contributed by atoms with Crippen LogP contribution in [0.5, 0.6) is 0 Å². The number of hydrogen-bond donors (Lipinski definition) is 2. The van der Waals surface area contributed by atoms with E-state index in [4.69, 9.17) is 5.84 Å². The van der Waals surface area contributed by atoms with Crippen molar-refractivity contribution in [3.63, 3.8) is 0 Å². The highest BCUT2D eigenvalue weighted by molar-refractivity contribution is 5.95. The second-order valence-electron chi connectivity index (χ2n) is 4.92. The van der Waals surface area contributed by atoms with Crippen molar-refractivity contribution in [2.24, 2.45) is 5.84 Å². The third kappa shape index (κ3) is 4.15. The van der Waals surface area contributed by atoms with Crippen LogP contribution < -0.4 is 11.3 Å². The van der Waals surface area contributed by atoms with Gasteiger partial charge in [0.25, 0.3) is 5.91 Å². The maximum Gasteiger partial charge on any atom is 0.265 e. The van der Waals surface area contributed by atoms with Crippen LogP contribution in [0.1, 0.15) is 28.4 Å². The Morgan fingerprint density at radius 3 is 2.38 bits per heavy atom. The number of amides is 1. The Hall–Kier alpha value is -2.17. The van der Waals surface area contributed by atoms with Gasteiger partial charge in [0.1, 0.15) is 0 Å². The molecule has 1 amide bonds. The van der Waals surface area contributed by atoms with Crippen molar-refractivity contribution in [2.45, 2.75) is 20.0 Å². The number of carbonyl (C=O) groups excluding carboxylic acids is 1. The maximum absolute atomic E-state index is 11.8. The second kappa shape index (κ2) is 7.57. The lowest BCUT2D eigenvalue weighted by atomic mass is 10.1. The van der Waals surface area contributed by atoms with Crippen LogP contribution in [0.2, 0.25) is 0 Å². The van der Waals surface area contributed by atoms with Crippen LogP contribution in [-0.2, 0) is 13.1 Å². The molecule has 4 heteroatoms. The number of nitrogens with zero attached hydrogens (tertiary/aromatic N) is 1. The van der Waals surface area contributed by atoms with E-state index in [-0.39, 0.29) is 5.91 Å². The molecule has 0 heterocycles. The Kier molecular flexibility index (Phi) is 5.49. The molecule has 4 nitrogen and oxygen atoms in total. The van der Waals surface area contributed by atoms with E-state index in [0.717, 1.165) is 25.2 Å². The fourth-order valence-electron chi connectivity index (χ4n) is 2.32. The van der Waals surface area contributed by atoms with Crippen molar-refractivity contribution < 1.29 is 4.79 Å². The molecule has 0 bridgehead atoms. The van der Waals surface area contributed by atoms with Gasteiger partial charge in [-0.3, -0.25) is 15.1 Å². The SMILES string of the molecule is CCN(Cc1ccccc1)Cc1ccccc1C(=O)NN. The molecule has 0 aliphatic heterocycles. The van der Waals surface area contributed by atoms with Crippen molar-refractivity contribution >= 4 is 5.91 Å². The number of nitrogen functional groups attached to an aromatic ring is 1. The molecule has 2 rings (SSSR count). The van der Waals surface area contributed by atoms with Gasteiger partial charge in [0.2, 0.25) is 0 Å². The standard InChI is InChI=1S/C17H21N3O/c1-2-20(12-14-8-4-3-5-9-14)13-15-10-6-7-11-16(15)17(21)19-18/h3-11H,2,12-13,18H2,1H3,(H,19,21). The number of nitrogens with two attached hydrogens (primary N) is 1. The largest absolute Gasteiger partial charge is 0.295 e. The predicted molar refractivity (Wildman–Crippen MR) is 84.3 cm³/mol. The first-order chi connectivity index (χ1) is 10.2. The molecule has 0 spiro atoms. The summed E-state index contributed by atoms with van der Waals surface area (Å²) in [5, 5.41) is 0. The molecule has 0 aromatic heterocycles. The van der Waals surface area contributed by atoms with Gasteiger partial charge >= 0.3 is 0 Å². The molecule has 2 aromatic rings. The number of nitrogens with one attached hydrogen (secondary N) is 1. The lowest BCUT2D eigenvalue weighted by molar-refractivity contribution is 0.0951. The number of carbonyl (C=O) groups is 1. The van der Waals surface area contributed by atoms with Gasteiger partial charge in [0, 0.05) is 18.7 Å². The minimum absolute atomic E-state index is 0.249. The van der Waals surface area contributed by atoms with E-state index in [1.165, 1.54) is 5.56 Å². The average molecular weight is 283 g/mol. The summed E-state index contributed by atoms with van der Waals surface area (Å²) < 4.78 is 0. The van der Waals surface area contributed by atoms with E-state index in [0.29, 0.717) is 5.56 Å². The molecule has 3 N–H and O–H groups in total. The lowest BCUT2D eigenvalue weighted by Crippen LogP contribution is -2.32. The molecule has 0 radical (unpaired) electrons. The maximum atomic E-state index is 11.8. The molecule has 0 atom stereocenters. The Morgan fingerprint density at radius 2 is 1.71 bits per heavy atom. The van der Waals surface area contributed by atoms with Crippen LogP contribution in [0, 0.1) is 0 Å². The van der Waals surface area contributed by atoms with Crippen LogP contribution >= 0.6 is 0 Å². The summed E-state index contributed by atoms with van der Waals surface area (Å²) in [6, 6.07) is 17.9. The topological polar surface area (TPSA) is 58.4 Å². The van der Waals surface area contributed by atoms with E-state index in [9.17, 15) is 4.79 Å². The smallest absolute Gasteiger partial charge is 0.265 e. The highest BCUT2D eigenvalue weighted by Gasteiger charge is 2.12. The number of rotatable bonds is 6. The molecule has 0 saturated heterocycles. The zero-order chi connectivity index (χ0) is 15.1. The normalized spacial score (nSPS) is 10.6. The van der Waals surface area contributed by atoms with Crippen LogP contribution in [-0.4, -0.2) is 17.4 Å². The highest BCUT2D eigenvalue weighted by Crippen LogP contribution is 2.14. The fourth-order valence-corrected chi connectivity index (χ4v) is 2.32. The minimum Gasteiger partial charge on any atom is -0.295 e. The third-order valence-corrected chi connectivity index (χ3v) is 3.48. The molecule has 0 saturated carbocycles. The number of benzene rings is 2. The van der Waals surface area contributed by atoms with Crippen molar-refractivity contribution in [3.8, 4) is 0 Å². The Balaban J connectivity index is 2.13. The predicted octanol–water partition coefficient (Wildman–Crippen LogP) is 2.31. The monoisotopic (exact) mass is 283 g/mol. The van der Waals surface area contributed by atoms with Crippen LogP contribution in [0.25, 0.3) is 0 Å². The Labute approximate surface area is 125 Å². The van der Waals surface area contributed by atoms with Crippen molar-refractivity contribution in [1.82, 2.24) is 10.3 Å². The van der Waals surface area contributed by atoms with Gasteiger partial charge in [-0.25, -0.2) is 5.84 Å². The van der Waals surface area contributed by atoms with Crippen molar-refractivity contribution in [2.75, 3.05) is 6.54 Å². The van der Waals surface area contributed by atoms with Crippen LogP contribution in [0.4, 0.5) is 0 Å². The quantitative estimate of drug-likeness (QED) is 0.486. The summed E-state index contributed by atoms with van der Waals surface area (Å²) in [6.45, 7) is 4.60. The number of hydrogen-bond acceptors (Lipinski definition) is 3. The molecule has 21 heavy (non-hydrogen) atoms. The summed E-state index contributed by atoms with van der Waals surface area (Å²) in [4.78, 5) is 14.1. The zero-order valence-corrected chi connectivity index (χ0v) is 12.3. The van der Waals surface area contributed by atoms with Crippen molar-refractivity contribution in [1.29, 1.82) is 0 Å². The highest BCUT2D eigenvalue weighted by atomic mass is 16.2. The molecule has 110 valence electrons. The molecule has 0 fully saturated rings. The molecular formula is C17H21N3O. The van der Waals surface area contributed by atoms with E-state index >= 15 is 0 Å². The minimum atomic E-state index is -0.249. The van der Waals surface area contributed by atoms with Crippen LogP contribution in [0.15, 0.2) is 54.6 Å². The van der Waals surface area contributed by atoms with Gasteiger partial charge in [0.05, 0.1) is 0 Å². The van der Waals surface area contributed by atoms with Gasteiger partial charge in [-0.1, -0.05) is 55.5 Å². The van der Waals surface area contributed by atoms with E-state index in [1.807, 2.05) is 36.4 Å². The van der Waals surface area contributed by atoms with E-state index in [2.05, 4.69) is 29.4 Å². The molecule has 0 aliphatic rings. The summed E-state index contributed by atoms with van der Waals surface area (Å²) in [7, 11) is 0. The van der Waals surface area contributed by atoms with Gasteiger partial charge in [-0.05, 0) is 23.7 Å². The first-order valence-electron chi connectivity index (χ1n) is 7.09. The Morgan fingerprint density at radius 1 is 1.05 bits per heavy atom. The molecule has 0 unspecified atom stereocenters. The summed E-state index contributed by atoms with van der Waals surface area (Å²) in [6.07, 6.45) is 0. The van der Waals surface area contributed by atoms with Gasteiger partial charge in [0.15, 0.2) is 0 Å². The van der Waals surface area contributed by atoms with Gasteiger partial charge < -0.3 is 0 Å². The first-order valence-corrected chi connectivity index (χ1v) is 7.09. The third-order valence-electron chi connectivity index (χ3n) is 3.48.